The number of aliphatic hydroxyl groups is 1. The SMILES string of the molecule is CCNC(=NCC(O)c1cc2ccccc2s1)NCCCOCC1CC1. The van der Waals surface area contributed by atoms with Gasteiger partial charge in [-0.1, -0.05) is 18.2 Å². The van der Waals surface area contributed by atoms with Gasteiger partial charge < -0.3 is 20.5 Å². The first-order valence-corrected chi connectivity index (χ1v) is 10.3. The van der Waals surface area contributed by atoms with Crippen molar-refractivity contribution < 1.29 is 9.84 Å². The molecule has 0 aliphatic heterocycles. The third kappa shape index (κ3) is 5.97. The number of rotatable bonds is 10. The minimum Gasteiger partial charge on any atom is -0.386 e. The Kier molecular flexibility index (Phi) is 7.29. The zero-order valence-corrected chi connectivity index (χ0v) is 16.2. The Morgan fingerprint density at radius 3 is 2.96 bits per heavy atom. The molecule has 0 radical (unpaired) electrons. The number of aliphatic hydroxyl groups excluding tert-OH is 1. The lowest BCUT2D eigenvalue weighted by molar-refractivity contribution is 0.123. The molecule has 1 saturated carbocycles. The molecule has 1 fully saturated rings. The molecule has 1 heterocycles. The van der Waals surface area contributed by atoms with Crippen molar-refractivity contribution in [1.29, 1.82) is 0 Å². The molecule has 3 rings (SSSR count). The van der Waals surface area contributed by atoms with Gasteiger partial charge in [-0.2, -0.15) is 0 Å². The number of nitrogens with one attached hydrogen (secondary N) is 2. The largest absolute Gasteiger partial charge is 0.386 e. The first-order valence-electron chi connectivity index (χ1n) is 9.52. The van der Waals surface area contributed by atoms with Crippen molar-refractivity contribution in [2.24, 2.45) is 10.9 Å². The molecule has 26 heavy (non-hydrogen) atoms. The summed E-state index contributed by atoms with van der Waals surface area (Å²) in [7, 11) is 0. The van der Waals surface area contributed by atoms with E-state index in [2.05, 4.69) is 33.8 Å². The van der Waals surface area contributed by atoms with Gasteiger partial charge >= 0.3 is 0 Å². The lowest BCUT2D eigenvalue weighted by Gasteiger charge is -2.12. The molecule has 1 unspecified atom stereocenters. The molecule has 0 saturated heterocycles. The average molecular weight is 376 g/mol. The normalized spacial score (nSPS) is 16.0. The number of benzene rings is 1. The van der Waals surface area contributed by atoms with Crippen molar-refractivity contribution in [3.8, 4) is 0 Å². The summed E-state index contributed by atoms with van der Waals surface area (Å²) in [6.07, 6.45) is 3.04. The quantitative estimate of drug-likeness (QED) is 0.339. The van der Waals surface area contributed by atoms with Gasteiger partial charge in [0.25, 0.3) is 0 Å². The molecule has 1 aromatic carbocycles. The molecule has 2 aromatic rings. The minimum atomic E-state index is -0.579. The predicted molar refractivity (Wildman–Crippen MR) is 109 cm³/mol. The number of guanidine groups is 1. The molecule has 1 aliphatic carbocycles. The lowest BCUT2D eigenvalue weighted by atomic mass is 10.2. The van der Waals surface area contributed by atoms with Gasteiger partial charge in [0.2, 0.25) is 0 Å². The highest BCUT2D eigenvalue weighted by Gasteiger charge is 2.20. The van der Waals surface area contributed by atoms with Crippen LogP contribution < -0.4 is 10.6 Å². The van der Waals surface area contributed by atoms with Crippen LogP contribution in [0.15, 0.2) is 35.3 Å². The molecule has 6 heteroatoms. The maximum Gasteiger partial charge on any atom is 0.191 e. The van der Waals surface area contributed by atoms with Gasteiger partial charge in [-0.25, -0.2) is 0 Å². The van der Waals surface area contributed by atoms with Crippen LogP contribution in [0.3, 0.4) is 0 Å². The summed E-state index contributed by atoms with van der Waals surface area (Å²) in [5.41, 5.74) is 0. The summed E-state index contributed by atoms with van der Waals surface area (Å²) in [6, 6.07) is 10.2. The van der Waals surface area contributed by atoms with Crippen molar-refractivity contribution in [2.45, 2.75) is 32.3 Å². The highest BCUT2D eigenvalue weighted by atomic mass is 32.1. The number of hydrogen-bond donors (Lipinski definition) is 3. The van der Waals surface area contributed by atoms with Crippen LogP contribution in [-0.2, 0) is 4.74 Å². The zero-order valence-electron chi connectivity index (χ0n) is 15.4. The molecule has 0 amide bonds. The van der Waals surface area contributed by atoms with Crippen molar-refractivity contribution in [1.82, 2.24) is 10.6 Å². The molecular formula is C20H29N3O2S. The number of thiophene rings is 1. The summed E-state index contributed by atoms with van der Waals surface area (Å²) in [4.78, 5) is 5.48. The maximum absolute atomic E-state index is 10.5. The molecule has 3 N–H and O–H groups in total. The second-order valence-corrected chi connectivity index (χ2v) is 7.84. The van der Waals surface area contributed by atoms with E-state index in [4.69, 9.17) is 4.74 Å². The van der Waals surface area contributed by atoms with Crippen LogP contribution in [-0.4, -0.2) is 43.9 Å². The molecule has 1 aliphatic rings. The van der Waals surface area contributed by atoms with E-state index in [1.165, 1.54) is 22.9 Å². The molecular weight excluding hydrogens is 346 g/mol. The van der Waals surface area contributed by atoms with Crippen LogP contribution in [0.4, 0.5) is 0 Å². The fraction of sp³-hybridized carbons (Fsp3) is 0.550. The number of hydrogen-bond acceptors (Lipinski definition) is 4. The van der Waals surface area contributed by atoms with Gasteiger partial charge in [-0.05, 0) is 49.6 Å². The molecule has 0 spiro atoms. The first kappa shape index (κ1) is 19.1. The molecule has 0 bridgehead atoms. The molecule has 5 nitrogen and oxygen atoms in total. The Balaban J connectivity index is 1.44. The Morgan fingerprint density at radius 1 is 1.35 bits per heavy atom. The summed E-state index contributed by atoms with van der Waals surface area (Å²) >= 11 is 1.63. The lowest BCUT2D eigenvalue weighted by Crippen LogP contribution is -2.38. The van der Waals surface area contributed by atoms with Crippen LogP contribution in [0.1, 0.15) is 37.2 Å². The monoisotopic (exact) mass is 375 g/mol. The number of nitrogens with zero attached hydrogens (tertiary/aromatic N) is 1. The van der Waals surface area contributed by atoms with E-state index in [-0.39, 0.29) is 0 Å². The van der Waals surface area contributed by atoms with Gasteiger partial charge in [-0.3, -0.25) is 4.99 Å². The van der Waals surface area contributed by atoms with Gasteiger partial charge in [-0.15, -0.1) is 11.3 Å². The van der Waals surface area contributed by atoms with Crippen molar-refractivity contribution >= 4 is 27.4 Å². The van der Waals surface area contributed by atoms with E-state index in [9.17, 15) is 5.11 Å². The molecule has 1 atom stereocenters. The van der Waals surface area contributed by atoms with E-state index in [0.29, 0.717) is 6.54 Å². The second-order valence-electron chi connectivity index (χ2n) is 6.72. The van der Waals surface area contributed by atoms with Crippen LogP contribution in [0.25, 0.3) is 10.1 Å². The second kappa shape index (κ2) is 9.90. The third-order valence-electron chi connectivity index (χ3n) is 4.35. The molecule has 1 aromatic heterocycles. The van der Waals surface area contributed by atoms with Crippen molar-refractivity contribution in [3.05, 3.63) is 35.2 Å². The van der Waals surface area contributed by atoms with Crippen LogP contribution in [0.2, 0.25) is 0 Å². The average Bonchev–Trinajstić information content (AvgIpc) is 3.37. The summed E-state index contributed by atoms with van der Waals surface area (Å²) in [5, 5.41) is 18.2. The molecule has 142 valence electrons. The van der Waals surface area contributed by atoms with Crippen LogP contribution in [0.5, 0.6) is 0 Å². The summed E-state index contributed by atoms with van der Waals surface area (Å²) < 4.78 is 6.84. The zero-order chi connectivity index (χ0) is 18.2. The standard InChI is InChI=1S/C20H29N3O2S/c1-2-21-20(22-10-5-11-25-14-15-8-9-15)23-13-17(24)19-12-16-6-3-4-7-18(16)26-19/h3-4,6-7,12,15,17,24H,2,5,8-11,13-14H2,1H3,(H2,21,22,23). The number of fused-ring (bicyclic) bond motifs is 1. The van der Waals surface area contributed by atoms with Gasteiger partial charge in [0.05, 0.1) is 6.54 Å². The Morgan fingerprint density at radius 2 is 2.19 bits per heavy atom. The van der Waals surface area contributed by atoms with Gasteiger partial charge in [0.1, 0.15) is 6.10 Å². The predicted octanol–water partition coefficient (Wildman–Crippen LogP) is 3.31. The van der Waals surface area contributed by atoms with E-state index < -0.39 is 6.10 Å². The van der Waals surface area contributed by atoms with Crippen molar-refractivity contribution in [3.63, 3.8) is 0 Å². The highest BCUT2D eigenvalue weighted by molar-refractivity contribution is 7.19. The smallest absolute Gasteiger partial charge is 0.191 e. The summed E-state index contributed by atoms with van der Waals surface area (Å²) in [6.45, 7) is 5.69. The first-order chi connectivity index (χ1) is 12.8. The third-order valence-corrected chi connectivity index (χ3v) is 5.57. The highest BCUT2D eigenvalue weighted by Crippen LogP contribution is 2.30. The Hall–Kier alpha value is -1.63. The van der Waals surface area contributed by atoms with E-state index in [1.54, 1.807) is 11.3 Å². The minimum absolute atomic E-state index is 0.348. The van der Waals surface area contributed by atoms with E-state index in [1.807, 2.05) is 19.1 Å². The number of ether oxygens (including phenoxy) is 1. The van der Waals surface area contributed by atoms with Crippen LogP contribution in [0, 0.1) is 5.92 Å². The fourth-order valence-electron chi connectivity index (χ4n) is 2.69. The van der Waals surface area contributed by atoms with Crippen molar-refractivity contribution in [2.75, 3.05) is 32.8 Å². The van der Waals surface area contributed by atoms with Gasteiger partial charge in [0, 0.05) is 35.9 Å². The maximum atomic E-state index is 10.5. The summed E-state index contributed by atoms with van der Waals surface area (Å²) in [5.74, 6) is 1.56. The van der Waals surface area contributed by atoms with Gasteiger partial charge in [0.15, 0.2) is 5.96 Å². The van der Waals surface area contributed by atoms with E-state index >= 15 is 0 Å². The Bertz CT molecular complexity index is 679. The van der Waals surface area contributed by atoms with E-state index in [0.717, 1.165) is 49.5 Å². The topological polar surface area (TPSA) is 65.9 Å². The Labute approximate surface area is 159 Å². The van der Waals surface area contributed by atoms with Crippen LogP contribution >= 0.6 is 11.3 Å². The number of aliphatic imine (C=N–C) groups is 1. The fourth-order valence-corrected chi connectivity index (χ4v) is 3.73.